The summed E-state index contributed by atoms with van der Waals surface area (Å²) in [5.74, 6) is 0.449. The number of ether oxygens (including phenoxy) is 1. The Morgan fingerprint density at radius 2 is 1.76 bits per heavy atom. The first kappa shape index (κ1) is 22.8. The van der Waals surface area contributed by atoms with E-state index in [9.17, 15) is 19.7 Å². The van der Waals surface area contributed by atoms with Gasteiger partial charge in [-0.15, -0.1) is 0 Å². The number of hydrogen-bond donors (Lipinski definition) is 1. The summed E-state index contributed by atoms with van der Waals surface area (Å²) in [5, 5.41) is 12.2. The lowest BCUT2D eigenvalue weighted by Crippen LogP contribution is -2.62. The van der Waals surface area contributed by atoms with E-state index in [-0.39, 0.29) is 24.0 Å². The molecule has 2 atom stereocenters. The van der Waals surface area contributed by atoms with Crippen molar-refractivity contribution in [2.75, 3.05) is 13.7 Å². The third kappa shape index (κ3) is 3.79. The standard InChI is InChI=1S/C28H24N4O5/c1-37-20-12-6-17(7-13-20)15-30-16-25(33)31-24(28(30)34)14-22-21-4-2-3-5-23(21)29-26(22)27(31)18-8-10-19(11-9-18)32(35)36/h2-13,24,27,29H,14-16H2,1H3. The van der Waals surface area contributed by atoms with Crippen LogP contribution in [0, 0.1) is 10.1 Å². The van der Waals surface area contributed by atoms with Crippen LogP contribution in [-0.2, 0) is 22.6 Å². The molecule has 1 N–H and O–H groups in total. The molecule has 0 aliphatic carbocycles. The van der Waals surface area contributed by atoms with E-state index < -0.39 is 17.0 Å². The maximum absolute atomic E-state index is 13.8. The van der Waals surface area contributed by atoms with Gasteiger partial charge in [-0.1, -0.05) is 30.3 Å². The monoisotopic (exact) mass is 496 g/mol. The predicted molar refractivity (Wildman–Crippen MR) is 136 cm³/mol. The summed E-state index contributed by atoms with van der Waals surface area (Å²) < 4.78 is 5.22. The lowest BCUT2D eigenvalue weighted by molar-refractivity contribution is -0.384. The smallest absolute Gasteiger partial charge is 0.269 e. The van der Waals surface area contributed by atoms with E-state index >= 15 is 0 Å². The van der Waals surface area contributed by atoms with Crippen LogP contribution in [0.5, 0.6) is 5.75 Å². The number of aromatic nitrogens is 1. The Morgan fingerprint density at radius 3 is 2.46 bits per heavy atom. The van der Waals surface area contributed by atoms with Gasteiger partial charge in [0.15, 0.2) is 0 Å². The topological polar surface area (TPSA) is 109 Å². The molecule has 0 saturated carbocycles. The van der Waals surface area contributed by atoms with E-state index in [0.717, 1.165) is 33.5 Å². The molecule has 4 aromatic rings. The number of hydrogen-bond acceptors (Lipinski definition) is 5. The fourth-order valence-electron chi connectivity index (χ4n) is 5.53. The van der Waals surface area contributed by atoms with Crippen molar-refractivity contribution in [3.8, 4) is 5.75 Å². The SMILES string of the molecule is COc1ccc(CN2CC(=O)N3C(Cc4c([nH]c5ccccc45)C3c3ccc([N+](=O)[O-])cc3)C2=O)cc1. The first-order chi connectivity index (χ1) is 17.9. The van der Waals surface area contributed by atoms with Gasteiger partial charge < -0.3 is 19.5 Å². The zero-order valence-corrected chi connectivity index (χ0v) is 20.1. The number of fused-ring (bicyclic) bond motifs is 4. The van der Waals surface area contributed by atoms with Gasteiger partial charge in [0.2, 0.25) is 11.8 Å². The van der Waals surface area contributed by atoms with E-state index in [1.165, 1.54) is 12.1 Å². The Bertz CT molecular complexity index is 1530. The van der Waals surface area contributed by atoms with Gasteiger partial charge in [0.1, 0.15) is 18.3 Å². The summed E-state index contributed by atoms with van der Waals surface area (Å²) in [5.41, 5.74) is 4.36. The quantitative estimate of drug-likeness (QED) is 0.332. The average molecular weight is 497 g/mol. The lowest BCUT2D eigenvalue weighted by Gasteiger charge is -2.47. The minimum atomic E-state index is -0.675. The number of carbonyl (C=O) groups is 2. The first-order valence-electron chi connectivity index (χ1n) is 12.0. The first-order valence-corrected chi connectivity index (χ1v) is 12.0. The number of nitro groups is 1. The summed E-state index contributed by atoms with van der Waals surface area (Å²) in [6.45, 7) is 0.280. The van der Waals surface area contributed by atoms with Crippen molar-refractivity contribution < 1.29 is 19.2 Å². The lowest BCUT2D eigenvalue weighted by atomic mass is 9.86. The van der Waals surface area contributed by atoms with Crippen molar-refractivity contribution in [2.24, 2.45) is 0 Å². The number of para-hydroxylation sites is 1. The Morgan fingerprint density at radius 1 is 1.03 bits per heavy atom. The molecule has 3 aromatic carbocycles. The highest BCUT2D eigenvalue weighted by Crippen LogP contribution is 2.43. The van der Waals surface area contributed by atoms with Gasteiger partial charge in [-0.3, -0.25) is 19.7 Å². The molecule has 1 fully saturated rings. The number of nitrogens with zero attached hydrogens (tertiary/aromatic N) is 3. The number of rotatable bonds is 5. The third-order valence-electron chi connectivity index (χ3n) is 7.29. The molecule has 2 aliphatic heterocycles. The summed E-state index contributed by atoms with van der Waals surface area (Å²) in [4.78, 5) is 45.0. The highest BCUT2D eigenvalue weighted by atomic mass is 16.6. The van der Waals surface area contributed by atoms with Crippen molar-refractivity contribution in [1.29, 1.82) is 0 Å². The van der Waals surface area contributed by atoms with Gasteiger partial charge in [-0.25, -0.2) is 0 Å². The van der Waals surface area contributed by atoms with Crippen LogP contribution in [0.2, 0.25) is 0 Å². The van der Waals surface area contributed by atoms with Crippen molar-refractivity contribution in [3.63, 3.8) is 0 Å². The minimum absolute atomic E-state index is 0.0281. The zero-order chi connectivity index (χ0) is 25.7. The van der Waals surface area contributed by atoms with Gasteiger partial charge in [0, 0.05) is 41.7 Å². The molecule has 6 rings (SSSR count). The van der Waals surface area contributed by atoms with Crippen LogP contribution in [0.3, 0.4) is 0 Å². The van der Waals surface area contributed by atoms with Crippen LogP contribution < -0.4 is 4.74 Å². The van der Waals surface area contributed by atoms with Crippen molar-refractivity contribution in [1.82, 2.24) is 14.8 Å². The van der Waals surface area contributed by atoms with Gasteiger partial charge in [0.05, 0.1) is 18.1 Å². The maximum atomic E-state index is 13.8. The maximum Gasteiger partial charge on any atom is 0.269 e. The number of amides is 2. The highest BCUT2D eigenvalue weighted by Gasteiger charge is 2.48. The summed E-state index contributed by atoms with van der Waals surface area (Å²) >= 11 is 0. The minimum Gasteiger partial charge on any atom is -0.497 e. The fraction of sp³-hybridized carbons (Fsp3) is 0.214. The largest absolute Gasteiger partial charge is 0.497 e. The van der Waals surface area contributed by atoms with E-state index in [4.69, 9.17) is 4.74 Å². The molecule has 1 saturated heterocycles. The Kier molecular flexibility index (Phi) is 5.40. The molecule has 9 nitrogen and oxygen atoms in total. The highest BCUT2D eigenvalue weighted by molar-refractivity contribution is 5.97. The number of H-pyrrole nitrogens is 1. The molecule has 37 heavy (non-hydrogen) atoms. The Labute approximate surface area is 212 Å². The molecule has 2 amide bonds. The van der Waals surface area contributed by atoms with Gasteiger partial charge >= 0.3 is 0 Å². The van der Waals surface area contributed by atoms with Crippen LogP contribution in [0.1, 0.15) is 28.4 Å². The van der Waals surface area contributed by atoms with E-state index in [1.54, 1.807) is 29.0 Å². The van der Waals surface area contributed by atoms with Crippen LogP contribution in [0.4, 0.5) is 5.69 Å². The number of benzene rings is 3. The number of piperazine rings is 1. The molecule has 0 radical (unpaired) electrons. The number of nitrogens with one attached hydrogen (secondary N) is 1. The molecule has 9 heteroatoms. The van der Waals surface area contributed by atoms with Crippen LogP contribution in [0.25, 0.3) is 10.9 Å². The molecular weight excluding hydrogens is 472 g/mol. The molecule has 0 spiro atoms. The van der Waals surface area contributed by atoms with Crippen LogP contribution in [0.15, 0.2) is 72.8 Å². The third-order valence-corrected chi connectivity index (χ3v) is 7.29. The molecule has 1 aromatic heterocycles. The number of non-ortho nitro benzene ring substituents is 1. The van der Waals surface area contributed by atoms with Gasteiger partial charge in [-0.05, 0) is 47.0 Å². The zero-order valence-electron chi connectivity index (χ0n) is 20.1. The molecule has 3 heterocycles. The van der Waals surface area contributed by atoms with Crippen LogP contribution >= 0.6 is 0 Å². The number of nitro benzene ring substituents is 1. The summed E-state index contributed by atoms with van der Waals surface area (Å²) in [6.07, 6.45) is 0.395. The van der Waals surface area contributed by atoms with Gasteiger partial charge in [0.25, 0.3) is 5.69 Å². The molecule has 186 valence electrons. The summed E-state index contributed by atoms with van der Waals surface area (Å²) in [7, 11) is 1.60. The molecule has 0 bridgehead atoms. The number of methoxy groups -OCH3 is 1. The predicted octanol–water partition coefficient (Wildman–Crippen LogP) is 3.97. The van der Waals surface area contributed by atoms with Gasteiger partial charge in [-0.2, -0.15) is 0 Å². The van der Waals surface area contributed by atoms with E-state index in [1.807, 2.05) is 48.5 Å². The Hall–Kier alpha value is -4.66. The van der Waals surface area contributed by atoms with Crippen molar-refractivity contribution in [2.45, 2.75) is 25.0 Å². The Balaban J connectivity index is 1.41. The fourth-order valence-corrected chi connectivity index (χ4v) is 5.53. The van der Waals surface area contributed by atoms with E-state index in [2.05, 4.69) is 4.98 Å². The van der Waals surface area contributed by atoms with Crippen molar-refractivity contribution in [3.05, 3.63) is 105 Å². The number of carbonyl (C=O) groups excluding carboxylic acids is 2. The molecule has 2 unspecified atom stereocenters. The summed E-state index contributed by atoms with van der Waals surface area (Å²) in [6, 6.07) is 20.3. The second kappa shape index (κ2) is 8.77. The number of aromatic amines is 1. The second-order valence-corrected chi connectivity index (χ2v) is 9.38. The van der Waals surface area contributed by atoms with Crippen LogP contribution in [-0.4, -0.2) is 51.2 Å². The molecular formula is C28H24N4O5. The molecule has 2 aliphatic rings. The average Bonchev–Trinajstić information content (AvgIpc) is 3.29. The second-order valence-electron chi connectivity index (χ2n) is 9.38. The van der Waals surface area contributed by atoms with Crippen molar-refractivity contribution >= 4 is 28.4 Å². The normalized spacial score (nSPS) is 19.1. The van der Waals surface area contributed by atoms with E-state index in [0.29, 0.717) is 18.5 Å².